The van der Waals surface area contributed by atoms with Crippen LogP contribution in [0.3, 0.4) is 0 Å². The van der Waals surface area contributed by atoms with E-state index in [0.29, 0.717) is 18.8 Å². The van der Waals surface area contributed by atoms with Crippen LogP contribution in [0.1, 0.15) is 18.4 Å². The molecule has 0 spiro atoms. The maximum absolute atomic E-state index is 13.7. The lowest BCUT2D eigenvalue weighted by atomic mass is 10.1. The lowest BCUT2D eigenvalue weighted by molar-refractivity contribution is 0.0240. The molecule has 0 saturated carbocycles. The van der Waals surface area contributed by atoms with Crippen LogP contribution in [0.15, 0.2) is 18.2 Å². The highest BCUT2D eigenvalue weighted by molar-refractivity contribution is 5.29. The summed E-state index contributed by atoms with van der Waals surface area (Å²) >= 11 is 0. The van der Waals surface area contributed by atoms with E-state index in [2.05, 4.69) is 4.84 Å². The third-order valence-electron chi connectivity index (χ3n) is 2.71. The standard InChI is InChI=1S/C12H16FNO3/c13-11-7-9(8-16-14)1-2-12(11)17-10-3-5-15-6-4-10/h1-2,7,10H,3-6,8,14H2. The van der Waals surface area contributed by atoms with Gasteiger partial charge in [-0.1, -0.05) is 6.07 Å². The molecule has 0 bridgehead atoms. The molecule has 1 aliphatic heterocycles. The van der Waals surface area contributed by atoms with E-state index in [4.69, 9.17) is 15.4 Å². The lowest BCUT2D eigenvalue weighted by Gasteiger charge is -2.23. The van der Waals surface area contributed by atoms with Crippen molar-refractivity contribution in [3.05, 3.63) is 29.6 Å². The number of halogens is 1. The molecule has 94 valence electrons. The van der Waals surface area contributed by atoms with Crippen molar-refractivity contribution in [1.29, 1.82) is 0 Å². The summed E-state index contributed by atoms with van der Waals surface area (Å²) in [6.07, 6.45) is 1.63. The number of hydrogen-bond acceptors (Lipinski definition) is 4. The van der Waals surface area contributed by atoms with Gasteiger partial charge in [-0.3, -0.25) is 4.84 Å². The van der Waals surface area contributed by atoms with E-state index in [1.165, 1.54) is 6.07 Å². The largest absolute Gasteiger partial charge is 0.487 e. The molecule has 1 aromatic carbocycles. The number of benzene rings is 1. The van der Waals surface area contributed by atoms with Crippen LogP contribution in [-0.2, 0) is 16.2 Å². The summed E-state index contributed by atoms with van der Waals surface area (Å²) in [5.41, 5.74) is 0.685. The van der Waals surface area contributed by atoms with Gasteiger partial charge in [-0.05, 0) is 17.7 Å². The topological polar surface area (TPSA) is 53.7 Å². The fourth-order valence-electron chi connectivity index (χ4n) is 1.80. The molecule has 0 aliphatic carbocycles. The van der Waals surface area contributed by atoms with E-state index in [0.717, 1.165) is 12.8 Å². The molecular formula is C12H16FNO3. The Labute approximate surface area is 99.4 Å². The highest BCUT2D eigenvalue weighted by atomic mass is 19.1. The molecule has 4 nitrogen and oxygen atoms in total. The average molecular weight is 241 g/mol. The van der Waals surface area contributed by atoms with Gasteiger partial charge in [0.05, 0.1) is 19.8 Å². The molecule has 2 N–H and O–H groups in total. The zero-order valence-electron chi connectivity index (χ0n) is 9.52. The van der Waals surface area contributed by atoms with Gasteiger partial charge >= 0.3 is 0 Å². The van der Waals surface area contributed by atoms with Crippen molar-refractivity contribution >= 4 is 0 Å². The maximum Gasteiger partial charge on any atom is 0.165 e. The SMILES string of the molecule is NOCc1ccc(OC2CCOCC2)c(F)c1. The lowest BCUT2D eigenvalue weighted by Crippen LogP contribution is -2.26. The van der Waals surface area contributed by atoms with Crippen molar-refractivity contribution in [1.82, 2.24) is 0 Å². The van der Waals surface area contributed by atoms with Gasteiger partial charge in [-0.25, -0.2) is 10.3 Å². The smallest absolute Gasteiger partial charge is 0.165 e. The first-order chi connectivity index (χ1) is 8.29. The van der Waals surface area contributed by atoms with Crippen molar-refractivity contribution < 1.29 is 18.7 Å². The molecule has 1 fully saturated rings. The predicted octanol–water partition coefficient (Wildman–Crippen LogP) is 1.77. The Kier molecular flexibility index (Phi) is 4.30. The van der Waals surface area contributed by atoms with E-state index in [1.54, 1.807) is 12.1 Å². The van der Waals surface area contributed by atoms with Crippen LogP contribution in [-0.4, -0.2) is 19.3 Å². The summed E-state index contributed by atoms with van der Waals surface area (Å²) in [6.45, 7) is 1.53. The zero-order valence-corrected chi connectivity index (χ0v) is 9.52. The van der Waals surface area contributed by atoms with E-state index in [9.17, 15) is 4.39 Å². The summed E-state index contributed by atoms with van der Waals surface area (Å²) in [5, 5.41) is 0. The van der Waals surface area contributed by atoms with Crippen LogP contribution in [0.25, 0.3) is 0 Å². The van der Waals surface area contributed by atoms with Gasteiger partial charge in [0.15, 0.2) is 11.6 Å². The Morgan fingerprint density at radius 1 is 1.35 bits per heavy atom. The van der Waals surface area contributed by atoms with Crippen molar-refractivity contribution in [3.8, 4) is 5.75 Å². The molecule has 17 heavy (non-hydrogen) atoms. The van der Waals surface area contributed by atoms with Gasteiger partial charge in [0, 0.05) is 12.8 Å². The monoisotopic (exact) mass is 241 g/mol. The normalized spacial score (nSPS) is 17.1. The minimum absolute atomic E-state index is 0.0369. The Bertz CT molecular complexity index is 367. The highest BCUT2D eigenvalue weighted by Gasteiger charge is 2.17. The number of hydrogen-bond donors (Lipinski definition) is 1. The van der Waals surface area contributed by atoms with Gasteiger partial charge in [0.2, 0.25) is 0 Å². The van der Waals surface area contributed by atoms with Gasteiger partial charge in [-0.15, -0.1) is 0 Å². The molecule has 0 radical (unpaired) electrons. The van der Waals surface area contributed by atoms with Crippen molar-refractivity contribution in [2.75, 3.05) is 13.2 Å². The summed E-state index contributed by atoms with van der Waals surface area (Å²) in [6, 6.07) is 4.73. The summed E-state index contributed by atoms with van der Waals surface area (Å²) in [7, 11) is 0. The summed E-state index contributed by atoms with van der Waals surface area (Å²) < 4.78 is 24.5. The molecule has 2 rings (SSSR count). The van der Waals surface area contributed by atoms with Crippen LogP contribution in [0, 0.1) is 5.82 Å². The van der Waals surface area contributed by atoms with E-state index in [-0.39, 0.29) is 24.3 Å². The second-order valence-electron chi connectivity index (χ2n) is 4.01. The molecule has 0 amide bonds. The van der Waals surface area contributed by atoms with Crippen molar-refractivity contribution in [2.24, 2.45) is 5.90 Å². The molecule has 0 atom stereocenters. The predicted molar refractivity (Wildman–Crippen MR) is 59.8 cm³/mol. The molecule has 0 unspecified atom stereocenters. The molecular weight excluding hydrogens is 225 g/mol. The first-order valence-corrected chi connectivity index (χ1v) is 5.64. The Morgan fingerprint density at radius 2 is 2.12 bits per heavy atom. The molecule has 1 aromatic rings. The summed E-state index contributed by atoms with van der Waals surface area (Å²) in [5.74, 6) is 4.82. The van der Waals surface area contributed by atoms with E-state index in [1.807, 2.05) is 0 Å². The third-order valence-corrected chi connectivity index (χ3v) is 2.71. The van der Waals surface area contributed by atoms with Crippen LogP contribution >= 0.6 is 0 Å². The minimum Gasteiger partial charge on any atom is -0.487 e. The van der Waals surface area contributed by atoms with Crippen LogP contribution in [0.5, 0.6) is 5.75 Å². The van der Waals surface area contributed by atoms with Crippen molar-refractivity contribution in [3.63, 3.8) is 0 Å². The molecule has 1 aliphatic rings. The van der Waals surface area contributed by atoms with E-state index >= 15 is 0 Å². The van der Waals surface area contributed by atoms with Crippen LogP contribution in [0.2, 0.25) is 0 Å². The highest BCUT2D eigenvalue weighted by Crippen LogP contribution is 2.22. The van der Waals surface area contributed by atoms with E-state index < -0.39 is 0 Å². The first kappa shape index (κ1) is 12.3. The summed E-state index contributed by atoms with van der Waals surface area (Å²) in [4.78, 5) is 4.45. The molecule has 1 heterocycles. The maximum atomic E-state index is 13.7. The fraction of sp³-hybridized carbons (Fsp3) is 0.500. The number of nitrogens with two attached hydrogens (primary N) is 1. The first-order valence-electron chi connectivity index (χ1n) is 5.64. The molecule has 5 heteroatoms. The van der Waals surface area contributed by atoms with Crippen LogP contribution < -0.4 is 10.6 Å². The van der Waals surface area contributed by atoms with Gasteiger partial charge in [0.25, 0.3) is 0 Å². The number of ether oxygens (including phenoxy) is 2. The van der Waals surface area contributed by atoms with Crippen LogP contribution in [0.4, 0.5) is 4.39 Å². The molecule has 0 aromatic heterocycles. The number of rotatable bonds is 4. The Balaban J connectivity index is 2.00. The van der Waals surface area contributed by atoms with Gasteiger partial charge in [0.1, 0.15) is 6.10 Å². The van der Waals surface area contributed by atoms with Crippen molar-refractivity contribution in [2.45, 2.75) is 25.6 Å². The van der Waals surface area contributed by atoms with Gasteiger partial charge < -0.3 is 9.47 Å². The Morgan fingerprint density at radius 3 is 2.76 bits per heavy atom. The average Bonchev–Trinajstić information content (AvgIpc) is 2.34. The fourth-order valence-corrected chi connectivity index (χ4v) is 1.80. The van der Waals surface area contributed by atoms with Gasteiger partial charge in [-0.2, -0.15) is 0 Å². The zero-order chi connectivity index (χ0) is 12.1. The second-order valence-corrected chi connectivity index (χ2v) is 4.01. The quantitative estimate of drug-likeness (QED) is 0.816. The molecule has 1 saturated heterocycles. The second kappa shape index (κ2) is 5.95. The Hall–Kier alpha value is -1.17. The minimum atomic E-state index is -0.383. The third kappa shape index (κ3) is 3.39.